The van der Waals surface area contributed by atoms with Crippen molar-refractivity contribution in [2.45, 2.75) is 6.18 Å². The van der Waals surface area contributed by atoms with Crippen LogP contribution in [-0.2, 0) is 6.18 Å². The molecule has 0 aliphatic heterocycles. The first kappa shape index (κ1) is 11.5. The summed E-state index contributed by atoms with van der Waals surface area (Å²) in [5, 5.41) is 17.3. The highest BCUT2D eigenvalue weighted by molar-refractivity contribution is 9.10. The summed E-state index contributed by atoms with van der Waals surface area (Å²) in [7, 11) is -1.96. The Kier molecular flexibility index (Phi) is 3.18. The first-order valence-corrected chi connectivity index (χ1v) is 4.20. The van der Waals surface area contributed by atoms with E-state index in [1.165, 1.54) is 0 Å². The van der Waals surface area contributed by atoms with Crippen molar-refractivity contribution in [1.82, 2.24) is 4.98 Å². The molecule has 3 nitrogen and oxygen atoms in total. The van der Waals surface area contributed by atoms with Gasteiger partial charge in [-0.05, 0) is 22.0 Å². The van der Waals surface area contributed by atoms with Crippen LogP contribution in [0.5, 0.6) is 0 Å². The van der Waals surface area contributed by atoms with Crippen LogP contribution in [0.4, 0.5) is 13.2 Å². The van der Waals surface area contributed by atoms with Crippen molar-refractivity contribution in [2.24, 2.45) is 0 Å². The first-order valence-electron chi connectivity index (χ1n) is 3.41. The monoisotopic (exact) mass is 269 g/mol. The van der Waals surface area contributed by atoms with Crippen LogP contribution in [0.15, 0.2) is 16.9 Å². The van der Waals surface area contributed by atoms with Crippen LogP contribution < -0.4 is 5.46 Å². The van der Waals surface area contributed by atoms with E-state index in [9.17, 15) is 13.2 Å². The normalized spacial score (nSPS) is 11.6. The van der Waals surface area contributed by atoms with Crippen molar-refractivity contribution in [2.75, 3.05) is 0 Å². The maximum Gasteiger partial charge on any atom is 0.490 e. The van der Waals surface area contributed by atoms with Crippen LogP contribution >= 0.6 is 15.9 Å². The van der Waals surface area contributed by atoms with Crippen LogP contribution in [0.3, 0.4) is 0 Å². The zero-order valence-corrected chi connectivity index (χ0v) is 8.17. The fourth-order valence-corrected chi connectivity index (χ4v) is 1.25. The second kappa shape index (κ2) is 3.88. The summed E-state index contributed by atoms with van der Waals surface area (Å²) in [5.74, 6) is 0. The molecule has 76 valence electrons. The molecule has 0 aliphatic carbocycles. The van der Waals surface area contributed by atoms with Gasteiger partial charge in [-0.15, -0.1) is 0 Å². The Hall–Kier alpha value is -0.595. The van der Waals surface area contributed by atoms with Crippen LogP contribution in [-0.4, -0.2) is 22.2 Å². The topological polar surface area (TPSA) is 53.4 Å². The molecule has 1 aromatic heterocycles. The van der Waals surface area contributed by atoms with E-state index >= 15 is 0 Å². The molecule has 0 spiro atoms. The Balaban J connectivity index is 3.22. The third-order valence-electron chi connectivity index (χ3n) is 1.46. The Labute approximate surface area is 85.9 Å². The van der Waals surface area contributed by atoms with E-state index in [1.807, 2.05) is 0 Å². The number of hydrogen-bond acceptors (Lipinski definition) is 3. The van der Waals surface area contributed by atoms with Crippen LogP contribution in [0.25, 0.3) is 0 Å². The molecule has 0 saturated carbocycles. The number of alkyl halides is 3. The van der Waals surface area contributed by atoms with E-state index in [0.29, 0.717) is 6.07 Å². The quantitative estimate of drug-likeness (QED) is 0.578. The maximum atomic E-state index is 12.3. The highest BCUT2D eigenvalue weighted by Gasteiger charge is 2.34. The molecule has 2 N–H and O–H groups in total. The Bertz CT molecular complexity index is 344. The highest BCUT2D eigenvalue weighted by Crippen LogP contribution is 2.32. The van der Waals surface area contributed by atoms with E-state index in [4.69, 9.17) is 10.0 Å². The number of aromatic nitrogens is 1. The standard InChI is InChI=1S/C6H4BBrF3NO2/c8-5-4(6(9,10)11)1-3(2-12-5)7(13)14/h1-2,13-14H. The third-order valence-corrected chi connectivity index (χ3v) is 2.10. The lowest BCUT2D eigenvalue weighted by Crippen LogP contribution is -2.31. The van der Waals surface area contributed by atoms with Crippen LogP contribution in [0, 0.1) is 0 Å². The van der Waals surface area contributed by atoms with Crippen LogP contribution in [0.2, 0.25) is 0 Å². The number of pyridine rings is 1. The molecule has 0 fully saturated rings. The van der Waals surface area contributed by atoms with Gasteiger partial charge in [0.05, 0.1) is 5.56 Å². The molecular formula is C6H4BBrF3NO2. The van der Waals surface area contributed by atoms with Gasteiger partial charge < -0.3 is 10.0 Å². The van der Waals surface area contributed by atoms with Crippen LogP contribution in [0.1, 0.15) is 5.56 Å². The zero-order valence-electron chi connectivity index (χ0n) is 6.59. The third kappa shape index (κ3) is 2.46. The van der Waals surface area contributed by atoms with Gasteiger partial charge in [-0.3, -0.25) is 0 Å². The molecule has 14 heavy (non-hydrogen) atoms. The summed E-state index contributed by atoms with van der Waals surface area (Å²) < 4.78 is 36.4. The predicted octanol–water partition coefficient (Wildman–Crippen LogP) is 0.543. The largest absolute Gasteiger partial charge is 0.490 e. The summed E-state index contributed by atoms with van der Waals surface area (Å²) in [6.45, 7) is 0. The summed E-state index contributed by atoms with van der Waals surface area (Å²) in [5.41, 5.74) is -1.34. The first-order chi connectivity index (χ1) is 6.32. The fraction of sp³-hybridized carbons (Fsp3) is 0.167. The average molecular weight is 270 g/mol. The minimum Gasteiger partial charge on any atom is -0.423 e. The summed E-state index contributed by atoms with van der Waals surface area (Å²) >= 11 is 2.62. The molecule has 0 amide bonds. The number of rotatable bonds is 1. The predicted molar refractivity (Wildman–Crippen MR) is 46.8 cm³/mol. The Morgan fingerprint density at radius 3 is 2.36 bits per heavy atom. The Morgan fingerprint density at radius 2 is 1.93 bits per heavy atom. The van der Waals surface area contributed by atoms with Crippen molar-refractivity contribution >= 4 is 28.5 Å². The van der Waals surface area contributed by atoms with Gasteiger partial charge in [-0.1, -0.05) is 0 Å². The number of nitrogens with zero attached hydrogens (tertiary/aromatic N) is 1. The molecule has 1 heterocycles. The van der Waals surface area contributed by atoms with E-state index < -0.39 is 18.9 Å². The molecule has 0 unspecified atom stereocenters. The molecule has 1 aromatic rings. The zero-order chi connectivity index (χ0) is 10.9. The van der Waals surface area contributed by atoms with E-state index in [0.717, 1.165) is 6.20 Å². The SMILES string of the molecule is OB(O)c1cnc(Br)c(C(F)(F)F)c1. The van der Waals surface area contributed by atoms with Gasteiger partial charge in [-0.25, -0.2) is 4.98 Å². The lowest BCUT2D eigenvalue weighted by atomic mass is 9.81. The summed E-state index contributed by atoms with van der Waals surface area (Å²) in [4.78, 5) is 3.34. The fourth-order valence-electron chi connectivity index (χ4n) is 0.804. The van der Waals surface area contributed by atoms with Gasteiger partial charge in [0.25, 0.3) is 0 Å². The molecular weight excluding hydrogens is 266 g/mol. The van der Waals surface area contributed by atoms with Crippen molar-refractivity contribution < 1.29 is 23.2 Å². The van der Waals surface area contributed by atoms with Gasteiger partial charge in [-0.2, -0.15) is 13.2 Å². The Morgan fingerprint density at radius 1 is 1.36 bits per heavy atom. The smallest absolute Gasteiger partial charge is 0.423 e. The van der Waals surface area contributed by atoms with Crippen molar-refractivity contribution in [3.05, 3.63) is 22.4 Å². The van der Waals surface area contributed by atoms with E-state index in [2.05, 4.69) is 20.9 Å². The van der Waals surface area contributed by atoms with Gasteiger partial charge in [0.1, 0.15) is 4.60 Å². The molecule has 8 heteroatoms. The highest BCUT2D eigenvalue weighted by atomic mass is 79.9. The van der Waals surface area contributed by atoms with E-state index in [-0.39, 0.29) is 10.1 Å². The molecule has 0 atom stereocenters. The van der Waals surface area contributed by atoms with Gasteiger partial charge in [0.2, 0.25) is 0 Å². The minimum atomic E-state index is -4.57. The van der Waals surface area contributed by atoms with Crippen molar-refractivity contribution in [3.8, 4) is 0 Å². The summed E-state index contributed by atoms with van der Waals surface area (Å²) in [6, 6.07) is 0.627. The maximum absolute atomic E-state index is 12.3. The average Bonchev–Trinajstić information content (AvgIpc) is 2.02. The van der Waals surface area contributed by atoms with Gasteiger partial charge in [0, 0.05) is 11.7 Å². The van der Waals surface area contributed by atoms with Crippen molar-refractivity contribution in [3.63, 3.8) is 0 Å². The molecule has 0 aliphatic rings. The lowest BCUT2D eigenvalue weighted by molar-refractivity contribution is -0.138. The summed E-state index contributed by atoms with van der Waals surface area (Å²) in [6.07, 6.45) is -3.62. The number of halogens is 4. The van der Waals surface area contributed by atoms with E-state index in [1.54, 1.807) is 0 Å². The molecule has 0 saturated heterocycles. The number of hydrogen-bond donors (Lipinski definition) is 2. The van der Waals surface area contributed by atoms with Crippen molar-refractivity contribution in [1.29, 1.82) is 0 Å². The minimum absolute atomic E-state index is 0.305. The molecule has 0 radical (unpaired) electrons. The molecule has 0 aromatic carbocycles. The second-order valence-corrected chi connectivity index (χ2v) is 3.23. The molecule has 0 bridgehead atoms. The van der Waals surface area contributed by atoms with Gasteiger partial charge >= 0.3 is 13.3 Å². The molecule has 1 rings (SSSR count). The second-order valence-electron chi connectivity index (χ2n) is 2.48. The van der Waals surface area contributed by atoms with Gasteiger partial charge in [0.15, 0.2) is 0 Å². The lowest BCUT2D eigenvalue weighted by Gasteiger charge is -2.09.